The highest BCUT2D eigenvalue weighted by Gasteiger charge is 2.30. The van der Waals surface area contributed by atoms with Crippen LogP contribution < -0.4 is 0 Å². The molecule has 0 atom stereocenters. The van der Waals surface area contributed by atoms with Gasteiger partial charge in [0.1, 0.15) is 13.2 Å². The van der Waals surface area contributed by atoms with Gasteiger partial charge in [-0.05, 0) is 6.92 Å². The van der Waals surface area contributed by atoms with Crippen molar-refractivity contribution in [3.8, 4) is 0 Å². The minimum Gasteiger partial charge on any atom is -0.456 e. The summed E-state index contributed by atoms with van der Waals surface area (Å²) in [5, 5.41) is 0. The van der Waals surface area contributed by atoms with Gasteiger partial charge in [0.15, 0.2) is 0 Å². The molecule has 0 radical (unpaired) electrons. The van der Waals surface area contributed by atoms with E-state index in [4.69, 9.17) is 4.74 Å². The average Bonchev–Trinajstić information content (AvgIpc) is 2.24. The Morgan fingerprint density at radius 2 is 1.33 bits per heavy atom. The first-order chi connectivity index (χ1) is 9.58. The third-order valence-corrected chi connectivity index (χ3v) is 3.40. The van der Waals surface area contributed by atoms with Crippen LogP contribution in [0.5, 0.6) is 0 Å². The second-order valence-electron chi connectivity index (χ2n) is 7.71. The van der Waals surface area contributed by atoms with E-state index in [9.17, 15) is 4.79 Å². The van der Waals surface area contributed by atoms with Gasteiger partial charge in [0.2, 0.25) is 0 Å². The molecule has 3 nitrogen and oxygen atoms in total. The van der Waals surface area contributed by atoms with Crippen LogP contribution in [-0.4, -0.2) is 43.2 Å². The molecule has 124 valence electrons. The lowest BCUT2D eigenvalue weighted by Gasteiger charge is -2.42. The van der Waals surface area contributed by atoms with Crippen molar-refractivity contribution in [2.24, 2.45) is 17.8 Å². The molecule has 0 rings (SSSR count). The summed E-state index contributed by atoms with van der Waals surface area (Å²) in [6.45, 7) is 23.8. The standard InChI is InChI=1S/C18H36NO2/c1-14(2)11-19(12-15(3)4,13-16(5)6)9-10-21-18(20)17(7)8/h14-16H,7,9-13H2,1-6,8H3/q+1. The Morgan fingerprint density at radius 3 is 1.62 bits per heavy atom. The van der Waals surface area contributed by atoms with Gasteiger partial charge in [-0.15, -0.1) is 0 Å². The van der Waals surface area contributed by atoms with Crippen molar-refractivity contribution in [1.29, 1.82) is 0 Å². The Kier molecular flexibility index (Phi) is 8.88. The maximum Gasteiger partial charge on any atom is 0.333 e. The van der Waals surface area contributed by atoms with Crippen LogP contribution in [0.1, 0.15) is 48.5 Å². The molecule has 0 spiro atoms. The van der Waals surface area contributed by atoms with Crippen LogP contribution in [0.15, 0.2) is 12.2 Å². The fourth-order valence-electron chi connectivity index (χ4n) is 3.28. The van der Waals surface area contributed by atoms with Crippen molar-refractivity contribution in [1.82, 2.24) is 0 Å². The number of carbonyl (C=O) groups excluding carboxylic acids is 1. The summed E-state index contributed by atoms with van der Waals surface area (Å²) in [6, 6.07) is 0. The highest BCUT2D eigenvalue weighted by atomic mass is 16.5. The SMILES string of the molecule is C=C(C)C(=O)OCC[N+](CC(C)C)(CC(C)C)CC(C)C. The zero-order valence-electron chi connectivity index (χ0n) is 15.2. The first kappa shape index (κ1) is 20.2. The second kappa shape index (κ2) is 9.24. The third kappa shape index (κ3) is 8.92. The quantitative estimate of drug-likeness (QED) is 0.347. The Bertz CT molecular complexity index is 306. The predicted octanol–water partition coefficient (Wildman–Crippen LogP) is 3.89. The number of ether oxygens (including phenoxy) is 1. The van der Waals surface area contributed by atoms with Gasteiger partial charge >= 0.3 is 5.97 Å². The number of rotatable bonds is 10. The summed E-state index contributed by atoms with van der Waals surface area (Å²) in [5.41, 5.74) is 0.477. The van der Waals surface area contributed by atoms with E-state index in [1.165, 1.54) is 0 Å². The lowest BCUT2D eigenvalue weighted by Crippen LogP contribution is -2.56. The zero-order valence-corrected chi connectivity index (χ0v) is 15.2. The molecule has 0 aromatic heterocycles. The fraction of sp³-hybridized carbons (Fsp3) is 0.833. The molecular weight excluding hydrogens is 262 g/mol. The van der Waals surface area contributed by atoms with Gasteiger partial charge in [0.25, 0.3) is 0 Å². The fourth-order valence-corrected chi connectivity index (χ4v) is 3.28. The molecule has 0 fully saturated rings. The molecule has 0 amide bonds. The second-order valence-corrected chi connectivity index (χ2v) is 7.71. The normalized spacial score (nSPS) is 12.3. The van der Waals surface area contributed by atoms with Crippen LogP contribution in [-0.2, 0) is 9.53 Å². The summed E-state index contributed by atoms with van der Waals surface area (Å²) >= 11 is 0. The molecule has 0 saturated carbocycles. The number of hydrogen-bond acceptors (Lipinski definition) is 2. The van der Waals surface area contributed by atoms with Crippen LogP contribution in [0.2, 0.25) is 0 Å². The van der Waals surface area contributed by atoms with Crippen LogP contribution >= 0.6 is 0 Å². The van der Waals surface area contributed by atoms with E-state index in [0.29, 0.717) is 29.9 Å². The van der Waals surface area contributed by atoms with E-state index < -0.39 is 0 Å². The van der Waals surface area contributed by atoms with Gasteiger partial charge in [0, 0.05) is 23.3 Å². The number of esters is 1. The molecule has 0 aliphatic rings. The molecule has 0 unspecified atom stereocenters. The van der Waals surface area contributed by atoms with E-state index in [2.05, 4.69) is 48.1 Å². The summed E-state index contributed by atoms with van der Waals surface area (Å²) in [5.74, 6) is 1.64. The zero-order chi connectivity index (χ0) is 16.6. The Labute approximate surface area is 131 Å². The van der Waals surface area contributed by atoms with E-state index in [1.807, 2.05) is 0 Å². The Morgan fingerprint density at radius 1 is 0.952 bits per heavy atom. The summed E-state index contributed by atoms with van der Waals surface area (Å²) in [7, 11) is 0. The summed E-state index contributed by atoms with van der Waals surface area (Å²) in [4.78, 5) is 11.6. The van der Waals surface area contributed by atoms with Gasteiger partial charge in [-0.2, -0.15) is 0 Å². The molecule has 0 aromatic rings. The molecular formula is C18H36NO2+. The Balaban J connectivity index is 4.88. The molecule has 0 aliphatic heterocycles. The highest BCUT2D eigenvalue weighted by molar-refractivity contribution is 5.86. The van der Waals surface area contributed by atoms with Crippen molar-refractivity contribution in [3.05, 3.63) is 12.2 Å². The van der Waals surface area contributed by atoms with Crippen molar-refractivity contribution >= 4 is 5.97 Å². The third-order valence-electron chi connectivity index (χ3n) is 3.40. The first-order valence-electron chi connectivity index (χ1n) is 8.25. The lowest BCUT2D eigenvalue weighted by atomic mass is 10.0. The largest absolute Gasteiger partial charge is 0.456 e. The topological polar surface area (TPSA) is 26.3 Å². The first-order valence-corrected chi connectivity index (χ1v) is 8.25. The van der Waals surface area contributed by atoms with Gasteiger partial charge in [-0.1, -0.05) is 48.1 Å². The predicted molar refractivity (Wildman–Crippen MR) is 90.0 cm³/mol. The highest BCUT2D eigenvalue weighted by Crippen LogP contribution is 2.18. The number of quaternary nitrogens is 1. The number of carbonyl (C=O) groups is 1. The Hall–Kier alpha value is -0.830. The molecule has 0 bridgehead atoms. The minimum atomic E-state index is -0.272. The van der Waals surface area contributed by atoms with E-state index >= 15 is 0 Å². The van der Waals surface area contributed by atoms with Crippen LogP contribution in [0.3, 0.4) is 0 Å². The van der Waals surface area contributed by atoms with Crippen molar-refractivity contribution < 1.29 is 14.0 Å². The maximum atomic E-state index is 11.6. The number of nitrogens with zero attached hydrogens (tertiary/aromatic N) is 1. The molecule has 0 aliphatic carbocycles. The van der Waals surface area contributed by atoms with Crippen molar-refractivity contribution in [3.63, 3.8) is 0 Å². The van der Waals surface area contributed by atoms with E-state index in [-0.39, 0.29) is 5.97 Å². The molecule has 3 heteroatoms. The van der Waals surface area contributed by atoms with Crippen molar-refractivity contribution in [2.45, 2.75) is 48.5 Å². The van der Waals surface area contributed by atoms with Gasteiger partial charge in [0.05, 0.1) is 19.6 Å². The maximum absolute atomic E-state index is 11.6. The van der Waals surface area contributed by atoms with Crippen molar-refractivity contribution in [2.75, 3.05) is 32.8 Å². The monoisotopic (exact) mass is 298 g/mol. The summed E-state index contributed by atoms with van der Waals surface area (Å²) in [6.07, 6.45) is 0. The minimum absolute atomic E-state index is 0.272. The van der Waals surface area contributed by atoms with Gasteiger partial charge in [-0.25, -0.2) is 4.79 Å². The molecule has 0 aromatic carbocycles. The number of hydrogen-bond donors (Lipinski definition) is 0. The lowest BCUT2D eigenvalue weighted by molar-refractivity contribution is -0.936. The molecule has 0 saturated heterocycles. The van der Waals surface area contributed by atoms with Crippen LogP contribution in [0.25, 0.3) is 0 Å². The van der Waals surface area contributed by atoms with Gasteiger partial charge in [-0.3, -0.25) is 0 Å². The summed E-state index contributed by atoms with van der Waals surface area (Å²) < 4.78 is 6.39. The van der Waals surface area contributed by atoms with E-state index in [1.54, 1.807) is 6.92 Å². The van der Waals surface area contributed by atoms with Crippen LogP contribution in [0, 0.1) is 17.8 Å². The smallest absolute Gasteiger partial charge is 0.333 e. The average molecular weight is 298 g/mol. The van der Waals surface area contributed by atoms with E-state index in [0.717, 1.165) is 30.7 Å². The molecule has 0 N–H and O–H groups in total. The molecule has 0 heterocycles. The molecule has 21 heavy (non-hydrogen) atoms. The van der Waals surface area contributed by atoms with Crippen LogP contribution in [0.4, 0.5) is 0 Å². The van der Waals surface area contributed by atoms with Gasteiger partial charge < -0.3 is 9.22 Å².